The highest BCUT2D eigenvalue weighted by Crippen LogP contribution is 2.39. The second-order valence-corrected chi connectivity index (χ2v) is 18.8. The van der Waals surface area contributed by atoms with Crippen LogP contribution in [0.25, 0.3) is 21.5 Å². The number of benzene rings is 4. The molecule has 2 aromatic heterocycles. The van der Waals surface area contributed by atoms with Gasteiger partial charge >= 0.3 is 47.8 Å². The first-order valence-electron chi connectivity index (χ1n) is 25.4. The van der Waals surface area contributed by atoms with Crippen molar-refractivity contribution >= 4 is 69.3 Å². The van der Waals surface area contributed by atoms with Gasteiger partial charge < -0.3 is 56.8 Å². The third-order valence-electron chi connectivity index (χ3n) is 12.7. The van der Waals surface area contributed by atoms with Gasteiger partial charge in [-0.25, -0.2) is 9.36 Å². The molecule has 26 heteroatoms. The molecule has 0 saturated carbocycles. The molecule has 2 saturated heterocycles. The summed E-state index contributed by atoms with van der Waals surface area (Å²) in [4.78, 5) is 98.4. The molecular weight excluding hydrogens is 1060 g/mol. The van der Waals surface area contributed by atoms with Crippen molar-refractivity contribution in [2.45, 2.75) is 136 Å². The van der Waals surface area contributed by atoms with Gasteiger partial charge in [-0.2, -0.15) is 0 Å². The molecule has 0 spiro atoms. The van der Waals surface area contributed by atoms with Crippen LogP contribution in [-0.2, 0) is 105 Å². The summed E-state index contributed by atoms with van der Waals surface area (Å²) in [7, 11) is 0. The van der Waals surface area contributed by atoms with Gasteiger partial charge in [0.15, 0.2) is 49.1 Å². The van der Waals surface area contributed by atoms with Gasteiger partial charge in [0.05, 0.1) is 12.4 Å². The Balaban J connectivity index is 1.08. The normalized spacial score (nSPS) is 22.4. The Hall–Kier alpha value is -9.04. The number of fused-ring (bicyclic) bond motifs is 2. The highest BCUT2D eigenvalue weighted by Gasteiger charge is 2.55. The molecule has 8 rings (SSSR count). The maximum absolute atomic E-state index is 12.5. The van der Waals surface area contributed by atoms with Crippen molar-refractivity contribution in [2.75, 3.05) is 13.2 Å². The van der Waals surface area contributed by atoms with Crippen molar-refractivity contribution in [1.82, 2.24) is 30.0 Å². The van der Waals surface area contributed by atoms with E-state index in [-0.39, 0.29) is 31.0 Å². The first-order chi connectivity index (χ1) is 38.7. The van der Waals surface area contributed by atoms with E-state index in [4.69, 9.17) is 56.8 Å². The summed E-state index contributed by atoms with van der Waals surface area (Å²) < 4.78 is 72.1. The molecule has 0 aliphatic carbocycles. The van der Waals surface area contributed by atoms with Crippen molar-refractivity contribution in [3.63, 3.8) is 0 Å². The smallest absolute Gasteiger partial charge is 0.303 e. The average molecular weight is 1120 g/mol. The van der Waals surface area contributed by atoms with Gasteiger partial charge in [-0.05, 0) is 33.7 Å². The van der Waals surface area contributed by atoms with Crippen LogP contribution in [0.5, 0.6) is 11.5 Å². The monoisotopic (exact) mass is 1120 g/mol. The van der Waals surface area contributed by atoms with Crippen LogP contribution in [0, 0.1) is 0 Å². The predicted octanol–water partition coefficient (Wildman–Crippen LogP) is 4.44. The SMILES string of the molecule is CC(=O)OC[C@@H]1O[C@H](n2cc(COc3ccc4ccccc4c3Cc3c(OCc4cn([C@@H]5O[C@H](COC(C)=O)[C@@H](OC(C)=O)[C@H](OC(C)=O)[C@H]5OC(C)=O)nn4)ccc4ccccc34)nn2)[C@@H](OC(C)=O)[C@H](OC(C)=O)[C@H]1OC(C)=O. The maximum Gasteiger partial charge on any atom is 0.303 e. The maximum atomic E-state index is 12.5. The number of esters is 8. The summed E-state index contributed by atoms with van der Waals surface area (Å²) >= 11 is 0. The van der Waals surface area contributed by atoms with E-state index in [2.05, 4.69) is 20.6 Å². The summed E-state index contributed by atoms with van der Waals surface area (Å²) in [5, 5.41) is 20.7. The number of nitrogens with zero attached hydrogens (tertiary/aromatic N) is 6. The largest absolute Gasteiger partial charge is 0.487 e. The average Bonchev–Trinajstić information content (AvgIpc) is 4.12. The number of hydrogen-bond donors (Lipinski definition) is 0. The summed E-state index contributed by atoms with van der Waals surface area (Å²) in [6.45, 7) is 7.95. The van der Waals surface area contributed by atoms with Crippen LogP contribution in [0.4, 0.5) is 0 Å². The van der Waals surface area contributed by atoms with Gasteiger partial charge in [-0.3, -0.25) is 38.4 Å². The predicted molar refractivity (Wildman–Crippen MR) is 274 cm³/mol. The second-order valence-electron chi connectivity index (χ2n) is 18.8. The van der Waals surface area contributed by atoms with E-state index in [1.807, 2.05) is 72.8 Å². The van der Waals surface area contributed by atoms with Crippen molar-refractivity contribution < 1.29 is 95.2 Å². The molecule has 0 amide bonds. The van der Waals surface area contributed by atoms with Gasteiger partial charge in [-0.15, -0.1) is 10.2 Å². The van der Waals surface area contributed by atoms with E-state index in [0.29, 0.717) is 11.5 Å². The highest BCUT2D eigenvalue weighted by molar-refractivity contribution is 5.91. The van der Waals surface area contributed by atoms with Crippen LogP contribution < -0.4 is 9.47 Å². The molecule has 0 N–H and O–H groups in total. The molecule has 0 unspecified atom stereocenters. The van der Waals surface area contributed by atoms with E-state index in [1.165, 1.54) is 35.6 Å². The molecule has 2 aliphatic heterocycles. The van der Waals surface area contributed by atoms with Crippen molar-refractivity contribution in [2.24, 2.45) is 0 Å². The first kappa shape index (κ1) is 58.1. The van der Waals surface area contributed by atoms with Gasteiger partial charge in [0.1, 0.15) is 61.5 Å². The standard InChI is InChI=1S/C55H58N6O20/c1-28(62)70-26-46-48(74-30(3)64)50(76-32(5)66)52(78-34(7)68)54(80-46)60-22-38(56-58-60)24-72-44-19-17-36-13-9-11-15-40(36)42(44)21-43-41-16-12-10-14-37(41)18-20-45(43)73-25-39-23-61(59-57-39)55-53(79-35(8)69)51(77-33(6)67)49(75-31(4)65)47(81-55)27-71-29(2)63/h9-20,22-23,46-55H,21,24-27H2,1-8H3/t46-,47+,48-,49+,50+,51-,52-,53+,54-,55+. The van der Waals surface area contributed by atoms with Gasteiger partial charge in [0, 0.05) is 72.9 Å². The van der Waals surface area contributed by atoms with Crippen LogP contribution in [0.15, 0.2) is 85.2 Å². The second kappa shape index (κ2) is 25.8. The number of hydrogen-bond acceptors (Lipinski definition) is 24. The lowest BCUT2D eigenvalue weighted by molar-refractivity contribution is -0.270. The van der Waals surface area contributed by atoms with Gasteiger partial charge in [-0.1, -0.05) is 71.1 Å². The van der Waals surface area contributed by atoms with E-state index < -0.39 is 122 Å². The van der Waals surface area contributed by atoms with Crippen molar-refractivity contribution in [3.05, 3.63) is 108 Å². The molecule has 2 fully saturated rings. The molecule has 428 valence electrons. The summed E-state index contributed by atoms with van der Waals surface area (Å²) in [5.74, 6) is -5.09. The zero-order valence-electron chi connectivity index (χ0n) is 45.2. The molecule has 26 nitrogen and oxygen atoms in total. The zero-order chi connectivity index (χ0) is 58.1. The summed E-state index contributed by atoms with van der Waals surface area (Å²) in [6, 6.07) is 23.0. The summed E-state index contributed by atoms with van der Waals surface area (Å²) in [6.07, 6.45) is -10.4. The lowest BCUT2D eigenvalue weighted by Crippen LogP contribution is -2.60. The fourth-order valence-electron chi connectivity index (χ4n) is 9.59. The molecule has 10 atom stereocenters. The molecule has 4 heterocycles. The Morgan fingerprint density at radius 2 is 0.778 bits per heavy atom. The Kier molecular flexibility index (Phi) is 18.5. The van der Waals surface area contributed by atoms with Crippen LogP contribution in [0.1, 0.15) is 90.4 Å². The zero-order valence-corrected chi connectivity index (χ0v) is 45.2. The molecule has 0 radical (unpaired) electrons. The van der Waals surface area contributed by atoms with E-state index in [0.717, 1.165) is 74.2 Å². The lowest BCUT2D eigenvalue weighted by atomic mass is 9.93. The Labute approximate surface area is 462 Å². The number of carbonyl (C=O) groups excluding carboxylic acids is 8. The first-order valence-corrected chi connectivity index (χ1v) is 25.4. The third-order valence-corrected chi connectivity index (χ3v) is 12.7. The molecule has 0 bridgehead atoms. The Bertz CT molecular complexity index is 3110. The van der Waals surface area contributed by atoms with E-state index >= 15 is 0 Å². The van der Waals surface area contributed by atoms with Crippen LogP contribution >= 0.6 is 0 Å². The molecule has 2 aliphatic rings. The minimum absolute atomic E-state index is 0.148. The van der Waals surface area contributed by atoms with Crippen LogP contribution in [0.3, 0.4) is 0 Å². The molecule has 6 aromatic rings. The summed E-state index contributed by atoms with van der Waals surface area (Å²) in [5.41, 5.74) is 2.12. The molecule has 4 aromatic carbocycles. The number of ether oxygens (including phenoxy) is 12. The van der Waals surface area contributed by atoms with Gasteiger partial charge in [0.2, 0.25) is 0 Å². The van der Waals surface area contributed by atoms with Gasteiger partial charge in [0.25, 0.3) is 0 Å². The minimum atomic E-state index is -1.44. The van der Waals surface area contributed by atoms with E-state index in [1.54, 1.807) is 0 Å². The Morgan fingerprint density at radius 1 is 0.432 bits per heavy atom. The fraction of sp³-hybridized carbons (Fsp3) is 0.418. The Morgan fingerprint density at radius 3 is 1.14 bits per heavy atom. The minimum Gasteiger partial charge on any atom is -0.487 e. The molecular formula is C55H58N6O20. The van der Waals surface area contributed by atoms with Crippen LogP contribution in [-0.4, -0.2) is 140 Å². The quantitative estimate of drug-likeness (QED) is 0.0753. The highest BCUT2D eigenvalue weighted by atomic mass is 16.7. The number of rotatable bonds is 20. The van der Waals surface area contributed by atoms with Crippen molar-refractivity contribution in [1.29, 1.82) is 0 Å². The van der Waals surface area contributed by atoms with Crippen molar-refractivity contribution in [3.8, 4) is 11.5 Å². The fourth-order valence-corrected chi connectivity index (χ4v) is 9.59. The number of aromatic nitrogens is 6. The lowest BCUT2D eigenvalue weighted by Gasteiger charge is -2.44. The van der Waals surface area contributed by atoms with Crippen LogP contribution in [0.2, 0.25) is 0 Å². The van der Waals surface area contributed by atoms with E-state index in [9.17, 15) is 38.4 Å². The number of carbonyl (C=O) groups is 8. The third kappa shape index (κ3) is 14.4. The topological polar surface area (TPSA) is 309 Å². The molecule has 81 heavy (non-hydrogen) atoms.